The van der Waals surface area contributed by atoms with E-state index in [1.54, 1.807) is 54.6 Å². The number of hydrogen-bond donors (Lipinski definition) is 2. The Balaban J connectivity index is 1.94. The second kappa shape index (κ2) is 8.57. The van der Waals surface area contributed by atoms with Crippen molar-refractivity contribution in [3.8, 4) is 11.5 Å². The lowest BCUT2D eigenvalue weighted by atomic mass is 9.95. The first-order valence-corrected chi connectivity index (χ1v) is 10.3. The van der Waals surface area contributed by atoms with E-state index >= 15 is 0 Å². The summed E-state index contributed by atoms with van der Waals surface area (Å²) in [6, 6.07) is 16.3. The van der Waals surface area contributed by atoms with Crippen LogP contribution in [0.25, 0.3) is 5.76 Å². The number of anilines is 1. The number of halogens is 2. The number of benzene rings is 3. The van der Waals surface area contributed by atoms with Gasteiger partial charge in [-0.05, 0) is 66.2 Å². The van der Waals surface area contributed by atoms with Crippen molar-refractivity contribution >= 4 is 46.3 Å². The van der Waals surface area contributed by atoms with Gasteiger partial charge in [0.2, 0.25) is 0 Å². The molecule has 0 aromatic heterocycles. The minimum Gasteiger partial charge on any atom is -0.507 e. The van der Waals surface area contributed by atoms with Crippen molar-refractivity contribution in [1.82, 2.24) is 0 Å². The molecular formula is C24H17Cl2NO5. The third kappa shape index (κ3) is 3.79. The average Bonchev–Trinajstić information content (AvgIpc) is 3.06. The fourth-order valence-electron chi connectivity index (χ4n) is 3.61. The summed E-state index contributed by atoms with van der Waals surface area (Å²) in [5.41, 5.74) is 1.10. The summed E-state index contributed by atoms with van der Waals surface area (Å²) in [5.74, 6) is -1.56. The Hall–Kier alpha value is -3.48. The number of ketones is 1. The minimum atomic E-state index is -0.975. The highest BCUT2D eigenvalue weighted by Gasteiger charge is 2.47. The maximum Gasteiger partial charge on any atom is 0.300 e. The van der Waals surface area contributed by atoms with Gasteiger partial charge in [-0.15, -0.1) is 0 Å². The number of hydrogen-bond acceptors (Lipinski definition) is 5. The van der Waals surface area contributed by atoms with Crippen LogP contribution in [0.3, 0.4) is 0 Å². The van der Waals surface area contributed by atoms with Crippen molar-refractivity contribution in [1.29, 1.82) is 0 Å². The van der Waals surface area contributed by atoms with E-state index in [2.05, 4.69) is 0 Å². The Morgan fingerprint density at radius 1 is 0.969 bits per heavy atom. The molecule has 0 bridgehead atoms. The standard InChI is InChI=1S/C24H17Cl2NO5/c1-32-17-9-7-16(8-10-17)27-21(14-4-11-19(28)18(26)12-14)20(23(30)24(27)31)22(29)13-2-5-15(25)6-3-13/h2-12,21,28-29H,1H3/b22-20-. The number of aliphatic hydroxyl groups excluding tert-OH is 1. The SMILES string of the molecule is COc1ccc(N2C(=O)C(=O)/C(=C(\O)c3ccc(Cl)cc3)C2c2ccc(O)c(Cl)c2)cc1. The third-order valence-corrected chi connectivity index (χ3v) is 5.75. The summed E-state index contributed by atoms with van der Waals surface area (Å²) in [6.07, 6.45) is 0. The number of amides is 1. The van der Waals surface area contributed by atoms with Crippen molar-refractivity contribution < 1.29 is 24.5 Å². The van der Waals surface area contributed by atoms with Gasteiger partial charge in [0.05, 0.1) is 23.7 Å². The number of carbonyl (C=O) groups excluding carboxylic acids is 2. The van der Waals surface area contributed by atoms with Gasteiger partial charge in [0.1, 0.15) is 17.3 Å². The maximum atomic E-state index is 13.1. The number of methoxy groups -OCH3 is 1. The maximum absolute atomic E-state index is 13.1. The molecule has 8 heteroatoms. The minimum absolute atomic E-state index is 0.0503. The molecule has 0 aliphatic carbocycles. The number of aromatic hydroxyl groups is 1. The molecule has 0 radical (unpaired) electrons. The highest BCUT2D eigenvalue weighted by molar-refractivity contribution is 6.51. The number of Topliss-reactive ketones (excluding diaryl/α,β-unsaturated/α-hetero) is 1. The van der Waals surface area contributed by atoms with Crippen molar-refractivity contribution in [2.45, 2.75) is 6.04 Å². The Labute approximate surface area is 193 Å². The molecule has 1 saturated heterocycles. The van der Waals surface area contributed by atoms with E-state index in [-0.39, 0.29) is 22.1 Å². The van der Waals surface area contributed by atoms with Crippen LogP contribution in [-0.2, 0) is 9.59 Å². The first-order chi connectivity index (χ1) is 15.3. The predicted molar refractivity (Wildman–Crippen MR) is 122 cm³/mol. The van der Waals surface area contributed by atoms with Crippen LogP contribution < -0.4 is 9.64 Å². The van der Waals surface area contributed by atoms with Crippen LogP contribution in [0.5, 0.6) is 11.5 Å². The summed E-state index contributed by atoms with van der Waals surface area (Å²) in [6.45, 7) is 0. The molecule has 1 atom stereocenters. The third-order valence-electron chi connectivity index (χ3n) is 5.20. The molecule has 6 nitrogen and oxygen atoms in total. The number of phenolic OH excluding ortho intramolecular Hbond substituents is 1. The molecule has 0 spiro atoms. The van der Waals surface area contributed by atoms with Crippen LogP contribution in [0.2, 0.25) is 10.0 Å². The predicted octanol–water partition coefficient (Wildman–Crippen LogP) is 5.33. The number of nitrogens with zero attached hydrogens (tertiary/aromatic N) is 1. The molecule has 1 fully saturated rings. The van der Waals surface area contributed by atoms with E-state index in [4.69, 9.17) is 27.9 Å². The van der Waals surface area contributed by atoms with Crippen LogP contribution in [0.15, 0.2) is 72.3 Å². The molecule has 3 aromatic carbocycles. The van der Waals surface area contributed by atoms with Crippen LogP contribution in [0, 0.1) is 0 Å². The molecule has 1 aliphatic heterocycles. The number of ether oxygens (including phenoxy) is 1. The monoisotopic (exact) mass is 469 g/mol. The largest absolute Gasteiger partial charge is 0.507 e. The summed E-state index contributed by atoms with van der Waals surface area (Å²) < 4.78 is 5.17. The van der Waals surface area contributed by atoms with E-state index in [0.717, 1.165) is 0 Å². The Kier molecular flexibility index (Phi) is 5.82. The molecular weight excluding hydrogens is 453 g/mol. The zero-order chi connectivity index (χ0) is 23.0. The van der Waals surface area contributed by atoms with Crippen molar-refractivity contribution in [2.75, 3.05) is 12.0 Å². The number of aliphatic hydroxyl groups is 1. The molecule has 32 heavy (non-hydrogen) atoms. The van der Waals surface area contributed by atoms with Gasteiger partial charge >= 0.3 is 0 Å². The molecule has 162 valence electrons. The summed E-state index contributed by atoms with van der Waals surface area (Å²) >= 11 is 12.0. The normalized spacial score (nSPS) is 17.6. The summed E-state index contributed by atoms with van der Waals surface area (Å²) in [5, 5.41) is 21.4. The van der Waals surface area contributed by atoms with Crippen molar-refractivity contribution in [2.24, 2.45) is 0 Å². The smallest absolute Gasteiger partial charge is 0.300 e. The summed E-state index contributed by atoms with van der Waals surface area (Å²) in [4.78, 5) is 27.5. The van der Waals surface area contributed by atoms with Gasteiger partial charge in [-0.1, -0.05) is 29.3 Å². The van der Waals surface area contributed by atoms with E-state index in [1.807, 2.05) is 0 Å². The lowest BCUT2D eigenvalue weighted by Crippen LogP contribution is -2.29. The van der Waals surface area contributed by atoms with Gasteiger partial charge in [-0.25, -0.2) is 0 Å². The van der Waals surface area contributed by atoms with Crippen LogP contribution in [0.4, 0.5) is 5.69 Å². The Morgan fingerprint density at radius 3 is 2.22 bits per heavy atom. The van der Waals surface area contributed by atoms with Gasteiger partial charge in [0.25, 0.3) is 11.7 Å². The van der Waals surface area contributed by atoms with Gasteiger partial charge in [-0.3, -0.25) is 14.5 Å². The second-order valence-corrected chi connectivity index (χ2v) is 7.93. The topological polar surface area (TPSA) is 87.1 Å². The quantitative estimate of drug-likeness (QED) is 0.306. The molecule has 0 saturated carbocycles. The number of phenols is 1. The number of carbonyl (C=O) groups is 2. The Bertz CT molecular complexity index is 1240. The average molecular weight is 470 g/mol. The molecule has 4 rings (SSSR count). The highest BCUT2D eigenvalue weighted by Crippen LogP contribution is 2.43. The van der Waals surface area contributed by atoms with E-state index < -0.39 is 17.7 Å². The van der Waals surface area contributed by atoms with Gasteiger partial charge in [0.15, 0.2) is 0 Å². The van der Waals surface area contributed by atoms with Crippen LogP contribution in [-0.4, -0.2) is 29.0 Å². The van der Waals surface area contributed by atoms with E-state index in [1.165, 1.54) is 24.1 Å². The highest BCUT2D eigenvalue weighted by atomic mass is 35.5. The zero-order valence-corrected chi connectivity index (χ0v) is 18.3. The lowest BCUT2D eigenvalue weighted by molar-refractivity contribution is -0.132. The van der Waals surface area contributed by atoms with Gasteiger partial charge in [-0.2, -0.15) is 0 Å². The van der Waals surface area contributed by atoms with Gasteiger partial charge in [0, 0.05) is 16.3 Å². The Morgan fingerprint density at radius 2 is 1.62 bits per heavy atom. The van der Waals surface area contributed by atoms with Crippen LogP contribution >= 0.6 is 23.2 Å². The first-order valence-electron chi connectivity index (χ1n) is 9.51. The summed E-state index contributed by atoms with van der Waals surface area (Å²) in [7, 11) is 1.52. The zero-order valence-electron chi connectivity index (χ0n) is 16.8. The molecule has 1 amide bonds. The number of rotatable bonds is 4. The van der Waals surface area contributed by atoms with E-state index in [0.29, 0.717) is 27.6 Å². The van der Waals surface area contributed by atoms with E-state index in [9.17, 15) is 19.8 Å². The molecule has 3 aromatic rings. The van der Waals surface area contributed by atoms with Crippen molar-refractivity contribution in [3.63, 3.8) is 0 Å². The fourth-order valence-corrected chi connectivity index (χ4v) is 3.93. The molecule has 1 unspecified atom stereocenters. The van der Waals surface area contributed by atoms with Gasteiger partial charge < -0.3 is 14.9 Å². The molecule has 1 aliphatic rings. The van der Waals surface area contributed by atoms with Crippen LogP contribution in [0.1, 0.15) is 17.2 Å². The first kappa shape index (κ1) is 21.7. The molecule has 2 N–H and O–H groups in total. The lowest BCUT2D eigenvalue weighted by Gasteiger charge is -2.25. The van der Waals surface area contributed by atoms with Crippen molar-refractivity contribution in [3.05, 3.63) is 93.5 Å². The molecule has 1 heterocycles. The second-order valence-electron chi connectivity index (χ2n) is 7.08. The fraction of sp³-hybridized carbons (Fsp3) is 0.0833.